The Kier molecular flexibility index (Phi) is 8.77. The molecule has 1 heterocycles. The highest BCUT2D eigenvalue weighted by atomic mass is 31.2. The maximum atomic E-state index is 12.1. The molecule has 0 saturated carbocycles. The fraction of sp³-hybridized carbons (Fsp3) is 0.346. The Hall–Kier alpha value is -2.30. The summed E-state index contributed by atoms with van der Waals surface area (Å²) in [5, 5.41) is 0. The van der Waals surface area contributed by atoms with Gasteiger partial charge >= 0.3 is 7.60 Å². The fourth-order valence-corrected chi connectivity index (χ4v) is 4.66. The number of pyridine rings is 1. The van der Waals surface area contributed by atoms with Gasteiger partial charge in [0.25, 0.3) is 0 Å². The van der Waals surface area contributed by atoms with Gasteiger partial charge in [0.05, 0.1) is 30.3 Å². The molecule has 0 aliphatic carbocycles. The van der Waals surface area contributed by atoms with Crippen LogP contribution in [0.1, 0.15) is 37.9 Å². The molecule has 0 bridgehead atoms. The van der Waals surface area contributed by atoms with Crippen molar-refractivity contribution in [2.45, 2.75) is 46.3 Å². The molecular weight excluding hydrogens is 421 g/mol. The summed E-state index contributed by atoms with van der Waals surface area (Å²) in [5.74, 6) is 0. The molecule has 1 N–H and O–H groups in total. The molecule has 0 aliphatic heterocycles. The van der Waals surface area contributed by atoms with Crippen LogP contribution in [0.2, 0.25) is 0 Å². The van der Waals surface area contributed by atoms with Gasteiger partial charge in [0, 0.05) is 17.7 Å². The Labute approximate surface area is 191 Å². The Bertz CT molecular complexity index is 1040. The van der Waals surface area contributed by atoms with Crippen molar-refractivity contribution >= 4 is 7.60 Å². The van der Waals surface area contributed by atoms with Gasteiger partial charge in [-0.2, -0.15) is 0 Å². The van der Waals surface area contributed by atoms with E-state index in [0.717, 1.165) is 28.1 Å². The molecule has 6 heteroatoms. The Balaban J connectivity index is 1.67. The fourth-order valence-electron chi connectivity index (χ4n) is 3.31. The van der Waals surface area contributed by atoms with Crippen molar-refractivity contribution in [2.24, 2.45) is 0 Å². The molecule has 0 fully saturated rings. The van der Waals surface area contributed by atoms with E-state index < -0.39 is 7.60 Å². The van der Waals surface area contributed by atoms with Crippen molar-refractivity contribution in [3.05, 3.63) is 78.0 Å². The van der Waals surface area contributed by atoms with Crippen LogP contribution in [0.5, 0.6) is 0 Å². The molecule has 2 unspecified atom stereocenters. The number of hydrogen-bond donors (Lipinski definition) is 1. The summed E-state index contributed by atoms with van der Waals surface area (Å²) in [6.45, 7) is 6.52. The normalized spacial score (nSPS) is 14.1. The molecule has 3 rings (SSSR count). The molecule has 0 radical (unpaired) electrons. The highest BCUT2D eigenvalue weighted by molar-refractivity contribution is 7.52. The largest absolute Gasteiger partial charge is 0.375 e. The van der Waals surface area contributed by atoms with Gasteiger partial charge in [-0.3, -0.25) is 4.57 Å². The van der Waals surface area contributed by atoms with E-state index in [1.807, 2.05) is 31.2 Å². The summed E-state index contributed by atoms with van der Waals surface area (Å²) < 4.78 is 23.0. The van der Waals surface area contributed by atoms with Crippen LogP contribution in [-0.2, 0) is 20.4 Å². The second-order valence-corrected chi connectivity index (χ2v) is 9.96. The molecule has 2 atom stereocenters. The third-order valence-corrected chi connectivity index (χ3v) is 6.83. The number of hydrogen-bond acceptors (Lipinski definition) is 4. The Morgan fingerprint density at radius 3 is 2.41 bits per heavy atom. The van der Waals surface area contributed by atoms with Crippen LogP contribution in [0.4, 0.5) is 0 Å². The first kappa shape index (κ1) is 24.3. The van der Waals surface area contributed by atoms with E-state index in [1.54, 1.807) is 6.92 Å². The standard InChI is InChI=1S/C26H32NO4P/c1-4-21(3)31-32(28,29)18-8-17-30-19-24-15-16-25(22-13-11-20(2)12-14-22)26(27-24)23-9-6-5-7-10-23/h5-7,9-16,21H,4,8,17-19H2,1-3H3,(H,28,29). The zero-order valence-corrected chi connectivity index (χ0v) is 19.9. The minimum absolute atomic E-state index is 0.0897. The average molecular weight is 454 g/mol. The number of aromatic nitrogens is 1. The maximum Gasteiger partial charge on any atom is 0.328 e. The van der Waals surface area contributed by atoms with Gasteiger partial charge in [-0.1, -0.05) is 73.2 Å². The van der Waals surface area contributed by atoms with E-state index in [4.69, 9.17) is 14.2 Å². The molecule has 32 heavy (non-hydrogen) atoms. The number of ether oxygens (including phenoxy) is 1. The summed E-state index contributed by atoms with van der Waals surface area (Å²) >= 11 is 0. The van der Waals surface area contributed by atoms with Crippen molar-refractivity contribution in [1.82, 2.24) is 4.98 Å². The summed E-state index contributed by atoms with van der Waals surface area (Å²) in [7, 11) is -3.57. The van der Waals surface area contributed by atoms with E-state index in [1.165, 1.54) is 5.56 Å². The highest BCUT2D eigenvalue weighted by Crippen LogP contribution is 2.44. The van der Waals surface area contributed by atoms with Crippen molar-refractivity contribution < 1.29 is 18.7 Å². The Morgan fingerprint density at radius 2 is 1.72 bits per heavy atom. The van der Waals surface area contributed by atoms with Crippen LogP contribution in [0.3, 0.4) is 0 Å². The first-order valence-electron chi connectivity index (χ1n) is 11.1. The van der Waals surface area contributed by atoms with Crippen LogP contribution in [0, 0.1) is 6.92 Å². The van der Waals surface area contributed by atoms with E-state index in [0.29, 0.717) is 26.1 Å². The quantitative estimate of drug-likeness (QED) is 0.261. The van der Waals surface area contributed by atoms with Crippen molar-refractivity contribution in [1.29, 1.82) is 0 Å². The molecule has 5 nitrogen and oxygen atoms in total. The molecule has 0 amide bonds. The van der Waals surface area contributed by atoms with Crippen molar-refractivity contribution in [3.8, 4) is 22.4 Å². The van der Waals surface area contributed by atoms with Crippen LogP contribution >= 0.6 is 7.60 Å². The molecule has 2 aromatic carbocycles. The van der Waals surface area contributed by atoms with Crippen LogP contribution in [0.15, 0.2) is 66.7 Å². The van der Waals surface area contributed by atoms with Crippen LogP contribution in [-0.4, -0.2) is 28.8 Å². The van der Waals surface area contributed by atoms with Gasteiger partial charge in [-0.25, -0.2) is 4.98 Å². The summed E-state index contributed by atoms with van der Waals surface area (Å²) in [6.07, 6.45) is 1.03. The second kappa shape index (κ2) is 11.5. The number of nitrogens with zero attached hydrogens (tertiary/aromatic N) is 1. The smallest absolute Gasteiger partial charge is 0.328 e. The van der Waals surface area contributed by atoms with E-state index in [9.17, 15) is 9.46 Å². The monoisotopic (exact) mass is 453 g/mol. The van der Waals surface area contributed by atoms with Gasteiger partial charge in [-0.15, -0.1) is 0 Å². The van der Waals surface area contributed by atoms with Gasteiger partial charge in [0.2, 0.25) is 0 Å². The lowest BCUT2D eigenvalue weighted by molar-refractivity contribution is 0.117. The lowest BCUT2D eigenvalue weighted by Gasteiger charge is -2.16. The predicted molar refractivity (Wildman–Crippen MR) is 130 cm³/mol. The lowest BCUT2D eigenvalue weighted by Crippen LogP contribution is -2.08. The summed E-state index contributed by atoms with van der Waals surface area (Å²) in [4.78, 5) is 14.8. The van der Waals surface area contributed by atoms with E-state index in [-0.39, 0.29) is 12.3 Å². The highest BCUT2D eigenvalue weighted by Gasteiger charge is 2.21. The zero-order valence-electron chi connectivity index (χ0n) is 19.0. The summed E-state index contributed by atoms with van der Waals surface area (Å²) in [6, 6.07) is 22.6. The number of benzene rings is 2. The van der Waals surface area contributed by atoms with Crippen molar-refractivity contribution in [2.75, 3.05) is 12.8 Å². The van der Waals surface area contributed by atoms with Gasteiger partial charge in [0.15, 0.2) is 0 Å². The number of aryl methyl sites for hydroxylation is 1. The van der Waals surface area contributed by atoms with Gasteiger partial charge in [0.1, 0.15) is 0 Å². The third-order valence-electron chi connectivity index (χ3n) is 5.26. The molecular formula is C26H32NO4P. The lowest BCUT2D eigenvalue weighted by atomic mass is 9.98. The predicted octanol–water partition coefficient (Wildman–Crippen LogP) is 6.63. The van der Waals surface area contributed by atoms with E-state index >= 15 is 0 Å². The molecule has 1 aromatic heterocycles. The minimum Gasteiger partial charge on any atom is -0.375 e. The average Bonchev–Trinajstić information content (AvgIpc) is 2.79. The van der Waals surface area contributed by atoms with Crippen LogP contribution in [0.25, 0.3) is 22.4 Å². The maximum absolute atomic E-state index is 12.1. The van der Waals surface area contributed by atoms with Crippen molar-refractivity contribution in [3.63, 3.8) is 0 Å². The van der Waals surface area contributed by atoms with Gasteiger partial charge < -0.3 is 14.2 Å². The third kappa shape index (κ3) is 7.11. The molecule has 0 saturated heterocycles. The Morgan fingerprint density at radius 1 is 1.00 bits per heavy atom. The number of rotatable bonds is 11. The second-order valence-electron chi connectivity index (χ2n) is 8.02. The SMILES string of the molecule is CCC(C)OP(=O)(O)CCCOCc1ccc(-c2ccc(C)cc2)c(-c2ccccc2)n1. The topological polar surface area (TPSA) is 68.7 Å². The van der Waals surface area contributed by atoms with Gasteiger partial charge in [-0.05, 0) is 38.3 Å². The molecule has 170 valence electrons. The molecule has 0 spiro atoms. The molecule has 3 aromatic rings. The van der Waals surface area contributed by atoms with E-state index in [2.05, 4.69) is 49.4 Å². The summed E-state index contributed by atoms with van der Waals surface area (Å²) in [5.41, 5.74) is 6.20. The van der Waals surface area contributed by atoms with Crippen LogP contribution < -0.4 is 0 Å². The first-order chi connectivity index (χ1) is 15.4. The minimum atomic E-state index is -3.57. The first-order valence-corrected chi connectivity index (χ1v) is 12.8. The zero-order chi connectivity index (χ0) is 23.0. The molecule has 0 aliphatic rings.